The van der Waals surface area contributed by atoms with Crippen molar-refractivity contribution in [3.8, 4) is 5.75 Å². The number of benzene rings is 1. The van der Waals surface area contributed by atoms with E-state index in [0.717, 1.165) is 24.3 Å². The lowest BCUT2D eigenvalue weighted by atomic mass is 10.1. The molecule has 2 heteroatoms. The molecule has 1 aromatic carbocycles. The molecule has 0 radical (unpaired) electrons. The number of ether oxygens (including phenoxy) is 2. The zero-order chi connectivity index (χ0) is 10.5. The van der Waals surface area contributed by atoms with Crippen LogP contribution in [0.5, 0.6) is 5.75 Å². The molecule has 2 rings (SSSR count). The largest absolute Gasteiger partial charge is 0.497 e. The van der Waals surface area contributed by atoms with Crippen LogP contribution < -0.4 is 4.74 Å². The quantitative estimate of drug-likeness (QED) is 0.753. The Morgan fingerprint density at radius 3 is 3.13 bits per heavy atom. The molecule has 1 heterocycles. The van der Waals surface area contributed by atoms with Crippen molar-refractivity contribution in [2.24, 2.45) is 0 Å². The highest BCUT2D eigenvalue weighted by atomic mass is 16.5. The van der Waals surface area contributed by atoms with Crippen LogP contribution in [0.3, 0.4) is 0 Å². The molecule has 0 spiro atoms. The monoisotopic (exact) mass is 204 g/mol. The Bertz CT molecular complexity index is 338. The average molecular weight is 204 g/mol. The van der Waals surface area contributed by atoms with Gasteiger partial charge in [-0.15, -0.1) is 0 Å². The summed E-state index contributed by atoms with van der Waals surface area (Å²) >= 11 is 0. The summed E-state index contributed by atoms with van der Waals surface area (Å²) in [5, 5.41) is 0. The van der Waals surface area contributed by atoms with Crippen LogP contribution in [0.4, 0.5) is 0 Å². The Balaban J connectivity index is 2.02. The molecule has 80 valence electrons. The van der Waals surface area contributed by atoms with E-state index >= 15 is 0 Å². The molecule has 0 saturated carbocycles. The first-order valence-electron chi connectivity index (χ1n) is 5.32. The summed E-state index contributed by atoms with van der Waals surface area (Å²) in [6, 6.07) is 8.02. The Morgan fingerprint density at radius 1 is 1.47 bits per heavy atom. The van der Waals surface area contributed by atoms with Crippen LogP contribution >= 0.6 is 0 Å². The van der Waals surface area contributed by atoms with Gasteiger partial charge in [-0.05, 0) is 30.5 Å². The Hall–Kier alpha value is -1.28. The fourth-order valence-electron chi connectivity index (χ4n) is 1.72. The minimum Gasteiger partial charge on any atom is -0.497 e. The minimum absolute atomic E-state index is 0.302. The van der Waals surface area contributed by atoms with Crippen LogP contribution in [0, 0.1) is 0 Å². The first kappa shape index (κ1) is 10.2. The molecule has 0 aliphatic carbocycles. The zero-order valence-corrected chi connectivity index (χ0v) is 8.98. The predicted octanol–water partition coefficient (Wildman–Crippen LogP) is 2.89. The van der Waals surface area contributed by atoms with Crippen molar-refractivity contribution in [1.29, 1.82) is 0 Å². The molecule has 1 fully saturated rings. The van der Waals surface area contributed by atoms with Gasteiger partial charge in [0, 0.05) is 6.61 Å². The van der Waals surface area contributed by atoms with Crippen molar-refractivity contribution in [2.75, 3.05) is 13.7 Å². The molecule has 0 aromatic heterocycles. The maximum absolute atomic E-state index is 5.51. The number of hydrogen-bond donors (Lipinski definition) is 0. The first-order valence-corrected chi connectivity index (χ1v) is 5.32. The predicted molar refractivity (Wildman–Crippen MR) is 61.0 cm³/mol. The van der Waals surface area contributed by atoms with Gasteiger partial charge in [0.1, 0.15) is 5.75 Å². The van der Waals surface area contributed by atoms with Crippen molar-refractivity contribution in [3.05, 3.63) is 35.9 Å². The minimum atomic E-state index is 0.302. The topological polar surface area (TPSA) is 18.5 Å². The molecule has 1 unspecified atom stereocenters. The molecular formula is C13H16O2. The lowest BCUT2D eigenvalue weighted by Gasteiger charge is -2.03. The van der Waals surface area contributed by atoms with E-state index in [1.807, 2.05) is 18.2 Å². The highest BCUT2D eigenvalue weighted by Crippen LogP contribution is 2.17. The van der Waals surface area contributed by atoms with Gasteiger partial charge in [0.05, 0.1) is 13.2 Å². The van der Waals surface area contributed by atoms with E-state index in [2.05, 4.69) is 18.2 Å². The Labute approximate surface area is 90.5 Å². The van der Waals surface area contributed by atoms with Crippen molar-refractivity contribution < 1.29 is 9.47 Å². The third kappa shape index (κ3) is 2.83. The van der Waals surface area contributed by atoms with Gasteiger partial charge >= 0.3 is 0 Å². The number of rotatable bonds is 3. The zero-order valence-electron chi connectivity index (χ0n) is 8.98. The fraction of sp³-hybridized carbons (Fsp3) is 0.385. The van der Waals surface area contributed by atoms with Gasteiger partial charge in [-0.2, -0.15) is 0 Å². The second kappa shape index (κ2) is 4.99. The second-order valence-corrected chi connectivity index (χ2v) is 3.69. The summed E-state index contributed by atoms with van der Waals surface area (Å²) in [7, 11) is 1.68. The molecule has 1 atom stereocenters. The molecule has 1 aliphatic heterocycles. The summed E-state index contributed by atoms with van der Waals surface area (Å²) in [4.78, 5) is 0. The average Bonchev–Trinajstić information content (AvgIpc) is 2.79. The normalized spacial score (nSPS) is 21.0. The maximum atomic E-state index is 5.51. The number of hydrogen-bond acceptors (Lipinski definition) is 2. The lowest BCUT2D eigenvalue weighted by molar-refractivity contribution is 0.146. The van der Waals surface area contributed by atoms with E-state index in [4.69, 9.17) is 9.47 Å². The maximum Gasteiger partial charge on any atom is 0.119 e. The van der Waals surface area contributed by atoms with Gasteiger partial charge in [-0.25, -0.2) is 0 Å². The molecule has 0 N–H and O–H groups in total. The first-order chi connectivity index (χ1) is 7.38. The van der Waals surface area contributed by atoms with Crippen LogP contribution in [-0.4, -0.2) is 19.8 Å². The van der Waals surface area contributed by atoms with Gasteiger partial charge < -0.3 is 9.47 Å². The summed E-state index contributed by atoms with van der Waals surface area (Å²) < 4.78 is 10.7. The van der Waals surface area contributed by atoms with Crippen LogP contribution in [-0.2, 0) is 4.74 Å². The Morgan fingerprint density at radius 2 is 2.40 bits per heavy atom. The van der Waals surface area contributed by atoms with Crippen molar-refractivity contribution in [1.82, 2.24) is 0 Å². The van der Waals surface area contributed by atoms with E-state index in [1.165, 1.54) is 6.42 Å². The molecule has 1 aliphatic rings. The van der Waals surface area contributed by atoms with Crippen LogP contribution in [0.25, 0.3) is 6.08 Å². The van der Waals surface area contributed by atoms with Crippen LogP contribution in [0.15, 0.2) is 30.3 Å². The lowest BCUT2D eigenvalue weighted by Crippen LogP contribution is -1.98. The van der Waals surface area contributed by atoms with Gasteiger partial charge in [0.2, 0.25) is 0 Å². The molecule has 1 saturated heterocycles. The third-order valence-corrected chi connectivity index (χ3v) is 2.56. The molecule has 2 nitrogen and oxygen atoms in total. The summed E-state index contributed by atoms with van der Waals surface area (Å²) in [6.07, 6.45) is 6.84. The summed E-state index contributed by atoms with van der Waals surface area (Å²) in [5.41, 5.74) is 1.16. The molecule has 0 amide bonds. The van der Waals surface area contributed by atoms with Gasteiger partial charge in [-0.1, -0.05) is 24.3 Å². The smallest absolute Gasteiger partial charge is 0.119 e. The molecule has 15 heavy (non-hydrogen) atoms. The Kier molecular flexibility index (Phi) is 3.41. The molecule has 1 aromatic rings. The summed E-state index contributed by atoms with van der Waals surface area (Å²) in [5.74, 6) is 0.893. The fourth-order valence-corrected chi connectivity index (χ4v) is 1.72. The summed E-state index contributed by atoms with van der Waals surface area (Å²) in [6.45, 7) is 0.896. The van der Waals surface area contributed by atoms with Crippen molar-refractivity contribution >= 4 is 6.08 Å². The standard InChI is InChI=1S/C13H16O2/c1-14-13-5-2-4-11(10-13)7-8-12-6-3-9-15-12/h2,4-5,7-8,10,12H,3,6,9H2,1H3. The van der Waals surface area contributed by atoms with Gasteiger partial charge in [0.15, 0.2) is 0 Å². The van der Waals surface area contributed by atoms with Gasteiger partial charge in [0.25, 0.3) is 0 Å². The van der Waals surface area contributed by atoms with Crippen molar-refractivity contribution in [2.45, 2.75) is 18.9 Å². The van der Waals surface area contributed by atoms with E-state index < -0.39 is 0 Å². The number of methoxy groups -OCH3 is 1. The van der Waals surface area contributed by atoms with Crippen LogP contribution in [0.1, 0.15) is 18.4 Å². The van der Waals surface area contributed by atoms with Gasteiger partial charge in [-0.3, -0.25) is 0 Å². The van der Waals surface area contributed by atoms with E-state index in [1.54, 1.807) is 7.11 Å². The van der Waals surface area contributed by atoms with E-state index in [-0.39, 0.29) is 0 Å². The van der Waals surface area contributed by atoms with E-state index in [0.29, 0.717) is 6.10 Å². The molecule has 0 bridgehead atoms. The highest BCUT2D eigenvalue weighted by molar-refractivity contribution is 5.52. The molecular weight excluding hydrogens is 188 g/mol. The SMILES string of the molecule is COc1cccc(C=CC2CCCO2)c1. The van der Waals surface area contributed by atoms with E-state index in [9.17, 15) is 0 Å². The second-order valence-electron chi connectivity index (χ2n) is 3.69. The van der Waals surface area contributed by atoms with Crippen molar-refractivity contribution in [3.63, 3.8) is 0 Å². The highest BCUT2D eigenvalue weighted by Gasteiger charge is 2.11. The third-order valence-electron chi connectivity index (χ3n) is 2.56. The van der Waals surface area contributed by atoms with Crippen LogP contribution in [0.2, 0.25) is 0 Å².